The molecule has 0 aromatic heterocycles. The highest BCUT2D eigenvalue weighted by atomic mass is 16.6. The van der Waals surface area contributed by atoms with Gasteiger partial charge in [-0.05, 0) is 33.7 Å². The first kappa shape index (κ1) is 14.9. The summed E-state index contributed by atoms with van der Waals surface area (Å²) in [6, 6.07) is -1.28. The Morgan fingerprint density at radius 1 is 1.38 bits per heavy atom. The van der Waals surface area contributed by atoms with Crippen molar-refractivity contribution in [1.82, 2.24) is 0 Å². The second-order valence-electron chi connectivity index (χ2n) is 4.58. The second kappa shape index (κ2) is 5.81. The lowest BCUT2D eigenvalue weighted by Crippen LogP contribution is -2.45. The van der Waals surface area contributed by atoms with E-state index in [9.17, 15) is 9.59 Å². The molecule has 0 aliphatic carbocycles. The average molecular weight is 232 g/mol. The van der Waals surface area contributed by atoms with Crippen LogP contribution in [0.5, 0.6) is 0 Å². The highest BCUT2D eigenvalue weighted by Gasteiger charge is 2.33. The summed E-state index contributed by atoms with van der Waals surface area (Å²) < 4.78 is 5.09. The molecule has 0 amide bonds. The first-order chi connectivity index (χ1) is 7.19. The van der Waals surface area contributed by atoms with Crippen LogP contribution in [-0.2, 0) is 14.3 Å². The van der Waals surface area contributed by atoms with Gasteiger partial charge in [0.2, 0.25) is 0 Å². The molecule has 5 N–H and O–H groups in total. The number of nitrogens with two attached hydrogens (primary N) is 2. The van der Waals surface area contributed by atoms with Crippen molar-refractivity contribution in [1.29, 1.82) is 0 Å². The highest BCUT2D eigenvalue weighted by molar-refractivity contribution is 5.83. The second-order valence-corrected chi connectivity index (χ2v) is 4.58. The maximum atomic E-state index is 11.7. The molecule has 0 aromatic carbocycles. The topological polar surface area (TPSA) is 116 Å². The average Bonchev–Trinajstić information content (AvgIpc) is 2.09. The van der Waals surface area contributed by atoms with Gasteiger partial charge in [-0.15, -0.1) is 0 Å². The molecule has 0 aliphatic rings. The lowest BCUT2D eigenvalue weighted by molar-refractivity contribution is -0.164. The summed E-state index contributed by atoms with van der Waals surface area (Å²) in [4.78, 5) is 22.4. The third-order valence-corrected chi connectivity index (χ3v) is 1.91. The molecule has 0 rings (SSSR count). The molecule has 0 spiro atoms. The minimum atomic E-state index is -1.28. The molecular weight excluding hydrogens is 212 g/mol. The maximum Gasteiger partial charge on any atom is 0.321 e. The van der Waals surface area contributed by atoms with Crippen molar-refractivity contribution in [3.05, 3.63) is 0 Å². The van der Waals surface area contributed by atoms with Crippen molar-refractivity contribution >= 4 is 11.9 Å². The number of hydrogen-bond acceptors (Lipinski definition) is 5. The van der Waals surface area contributed by atoms with Crippen LogP contribution in [-0.4, -0.2) is 35.2 Å². The largest absolute Gasteiger partial charge is 0.480 e. The number of carboxylic acids is 1. The van der Waals surface area contributed by atoms with Crippen molar-refractivity contribution in [2.75, 3.05) is 6.54 Å². The Hall–Kier alpha value is -1.14. The normalized spacial score (nSPS) is 15.3. The molecular formula is C10H20N2O4. The first-order valence-corrected chi connectivity index (χ1v) is 5.10. The van der Waals surface area contributed by atoms with Gasteiger partial charge in [-0.2, -0.15) is 0 Å². The van der Waals surface area contributed by atoms with E-state index in [0.717, 1.165) is 0 Å². The Balaban J connectivity index is 4.65. The molecule has 94 valence electrons. The molecule has 0 heterocycles. The van der Waals surface area contributed by atoms with Crippen LogP contribution in [0.15, 0.2) is 0 Å². The zero-order chi connectivity index (χ0) is 12.9. The third-order valence-electron chi connectivity index (χ3n) is 1.91. The number of carbonyl (C=O) groups excluding carboxylic acids is 1. The van der Waals surface area contributed by atoms with Crippen LogP contribution >= 0.6 is 0 Å². The molecule has 0 aromatic rings. The van der Waals surface area contributed by atoms with Crippen molar-refractivity contribution in [3.63, 3.8) is 0 Å². The Bertz CT molecular complexity index is 260. The fourth-order valence-electron chi connectivity index (χ4n) is 1.17. The van der Waals surface area contributed by atoms with E-state index in [-0.39, 0.29) is 13.0 Å². The lowest BCUT2D eigenvalue weighted by Gasteiger charge is -2.25. The number of ether oxygens (including phenoxy) is 1. The van der Waals surface area contributed by atoms with Gasteiger partial charge in [0.1, 0.15) is 11.6 Å². The number of rotatable bonds is 5. The van der Waals surface area contributed by atoms with Gasteiger partial charge in [-0.1, -0.05) is 0 Å². The maximum absolute atomic E-state index is 11.7. The van der Waals surface area contributed by atoms with Crippen LogP contribution in [0, 0.1) is 5.92 Å². The Morgan fingerprint density at radius 3 is 2.19 bits per heavy atom. The van der Waals surface area contributed by atoms with Crippen molar-refractivity contribution < 1.29 is 19.4 Å². The number of carbonyl (C=O) groups is 2. The molecule has 16 heavy (non-hydrogen) atoms. The van der Waals surface area contributed by atoms with E-state index in [1.807, 2.05) is 0 Å². The molecule has 0 bridgehead atoms. The summed E-state index contributed by atoms with van der Waals surface area (Å²) in [5.41, 5.74) is 10.1. The van der Waals surface area contributed by atoms with Crippen LogP contribution in [0.25, 0.3) is 0 Å². The standard InChI is InChI=1S/C10H20N2O4/c1-10(2,3)16-9(15)6(4-5-11)7(12)8(13)14/h6-7H,4-5,11-12H2,1-3H3,(H,13,14)/t6?,7-/m1/s1. The number of carboxylic acid groups (broad SMARTS) is 1. The van der Waals surface area contributed by atoms with Gasteiger partial charge in [-0.3, -0.25) is 9.59 Å². The summed E-state index contributed by atoms with van der Waals surface area (Å²) in [6.45, 7) is 5.30. The fraction of sp³-hybridized carbons (Fsp3) is 0.800. The van der Waals surface area contributed by atoms with Crippen LogP contribution in [0.1, 0.15) is 27.2 Å². The van der Waals surface area contributed by atoms with E-state index in [0.29, 0.717) is 0 Å². The molecule has 2 atom stereocenters. The predicted octanol–water partition coefficient (Wildman–Crippen LogP) is -0.295. The van der Waals surface area contributed by atoms with Crippen LogP contribution in [0.2, 0.25) is 0 Å². The van der Waals surface area contributed by atoms with Crippen LogP contribution in [0.4, 0.5) is 0 Å². The fourth-order valence-corrected chi connectivity index (χ4v) is 1.17. The van der Waals surface area contributed by atoms with Crippen LogP contribution in [0.3, 0.4) is 0 Å². The van der Waals surface area contributed by atoms with Gasteiger partial charge in [0, 0.05) is 0 Å². The van der Waals surface area contributed by atoms with Gasteiger partial charge in [0.05, 0.1) is 5.92 Å². The van der Waals surface area contributed by atoms with Gasteiger partial charge >= 0.3 is 11.9 Å². The monoisotopic (exact) mass is 232 g/mol. The third kappa shape index (κ3) is 5.09. The summed E-state index contributed by atoms with van der Waals surface area (Å²) in [5, 5.41) is 8.75. The zero-order valence-electron chi connectivity index (χ0n) is 9.90. The molecule has 1 unspecified atom stereocenters. The van der Waals surface area contributed by atoms with Gasteiger partial charge in [0.25, 0.3) is 0 Å². The van der Waals surface area contributed by atoms with Crippen molar-refractivity contribution in [3.8, 4) is 0 Å². The minimum absolute atomic E-state index is 0.185. The molecule has 6 nitrogen and oxygen atoms in total. The summed E-state index contributed by atoms with van der Waals surface area (Å²) in [5.74, 6) is -2.75. The molecule has 6 heteroatoms. The van der Waals surface area contributed by atoms with Crippen LogP contribution < -0.4 is 11.5 Å². The summed E-state index contributed by atoms with van der Waals surface area (Å²) in [7, 11) is 0. The summed E-state index contributed by atoms with van der Waals surface area (Å²) in [6.07, 6.45) is 0.197. The van der Waals surface area contributed by atoms with Crippen molar-refractivity contribution in [2.24, 2.45) is 17.4 Å². The van der Waals surface area contributed by atoms with E-state index in [1.54, 1.807) is 20.8 Å². The smallest absolute Gasteiger partial charge is 0.321 e. The molecule has 0 saturated heterocycles. The van der Waals surface area contributed by atoms with E-state index in [2.05, 4.69) is 0 Å². The Kier molecular flexibility index (Phi) is 5.40. The molecule has 0 fully saturated rings. The van der Waals surface area contributed by atoms with E-state index in [1.165, 1.54) is 0 Å². The van der Waals surface area contributed by atoms with Gasteiger partial charge < -0.3 is 21.3 Å². The predicted molar refractivity (Wildman–Crippen MR) is 58.6 cm³/mol. The first-order valence-electron chi connectivity index (χ1n) is 5.10. The van der Waals surface area contributed by atoms with Gasteiger partial charge in [-0.25, -0.2) is 0 Å². The molecule has 0 aliphatic heterocycles. The van der Waals surface area contributed by atoms with Crippen molar-refractivity contribution in [2.45, 2.75) is 38.8 Å². The van der Waals surface area contributed by atoms with E-state index in [4.69, 9.17) is 21.3 Å². The minimum Gasteiger partial charge on any atom is -0.480 e. The lowest BCUT2D eigenvalue weighted by atomic mass is 9.96. The quantitative estimate of drug-likeness (QED) is 0.561. The highest BCUT2D eigenvalue weighted by Crippen LogP contribution is 2.15. The SMILES string of the molecule is CC(C)(C)OC(=O)C(CCN)[C@@H](N)C(=O)O. The molecule has 0 saturated carbocycles. The zero-order valence-corrected chi connectivity index (χ0v) is 9.90. The Morgan fingerprint density at radius 2 is 1.88 bits per heavy atom. The van der Waals surface area contributed by atoms with Gasteiger partial charge in [0.15, 0.2) is 0 Å². The Labute approximate surface area is 94.9 Å². The molecule has 0 radical (unpaired) electrons. The van der Waals surface area contributed by atoms with E-state index < -0.39 is 29.5 Å². The summed E-state index contributed by atoms with van der Waals surface area (Å²) >= 11 is 0. The number of hydrogen-bond donors (Lipinski definition) is 3. The van der Waals surface area contributed by atoms with E-state index >= 15 is 0 Å². The number of aliphatic carboxylic acids is 1. The number of esters is 1.